The fourth-order valence-corrected chi connectivity index (χ4v) is 1.89. The minimum Gasteiger partial charge on any atom is -0.507 e. The van der Waals surface area contributed by atoms with Gasteiger partial charge in [0.1, 0.15) is 5.75 Å². The van der Waals surface area contributed by atoms with Gasteiger partial charge < -0.3 is 9.84 Å². The Balaban J connectivity index is 2.77. The van der Waals surface area contributed by atoms with E-state index < -0.39 is 5.97 Å². The molecule has 2 aromatic carbocycles. The van der Waals surface area contributed by atoms with Gasteiger partial charge in [-0.2, -0.15) is 0 Å². The van der Waals surface area contributed by atoms with E-state index in [9.17, 15) is 14.7 Å². The molecule has 4 heteroatoms. The zero-order valence-corrected chi connectivity index (χ0v) is 9.84. The first-order valence-electron chi connectivity index (χ1n) is 5.56. The van der Waals surface area contributed by atoms with Crippen LogP contribution in [-0.4, -0.2) is 24.0 Å². The lowest BCUT2D eigenvalue weighted by Crippen LogP contribution is -2.06. The first-order chi connectivity index (χ1) is 8.69. The summed E-state index contributed by atoms with van der Waals surface area (Å²) in [6.45, 7) is 1.96. The number of rotatable bonds is 3. The van der Waals surface area contributed by atoms with Crippen molar-refractivity contribution in [2.75, 3.05) is 6.61 Å². The normalized spacial score (nSPS) is 10.3. The molecule has 0 aromatic heterocycles. The number of hydrogen-bond donors (Lipinski definition) is 1. The number of benzene rings is 2. The Labute approximate surface area is 104 Å². The second-order valence-electron chi connectivity index (χ2n) is 3.74. The number of phenols is 1. The van der Waals surface area contributed by atoms with Crippen LogP contribution < -0.4 is 0 Å². The van der Waals surface area contributed by atoms with Crippen LogP contribution in [0.5, 0.6) is 5.75 Å². The van der Waals surface area contributed by atoms with Gasteiger partial charge in [0.25, 0.3) is 0 Å². The first kappa shape index (κ1) is 12.1. The van der Waals surface area contributed by atoms with E-state index in [4.69, 9.17) is 4.74 Å². The molecule has 1 N–H and O–H groups in total. The van der Waals surface area contributed by atoms with E-state index in [-0.39, 0.29) is 23.5 Å². The lowest BCUT2D eigenvalue weighted by atomic mass is 9.99. The molecule has 4 nitrogen and oxygen atoms in total. The van der Waals surface area contributed by atoms with Crippen LogP contribution in [0.15, 0.2) is 30.3 Å². The van der Waals surface area contributed by atoms with Gasteiger partial charge in [-0.05, 0) is 24.4 Å². The van der Waals surface area contributed by atoms with Gasteiger partial charge >= 0.3 is 5.97 Å². The number of carbonyl (C=O) groups excluding carboxylic acids is 2. The molecule has 0 unspecified atom stereocenters. The number of hydrogen-bond acceptors (Lipinski definition) is 4. The van der Waals surface area contributed by atoms with Crippen molar-refractivity contribution in [2.45, 2.75) is 6.92 Å². The summed E-state index contributed by atoms with van der Waals surface area (Å²) in [5.74, 6) is -0.647. The lowest BCUT2D eigenvalue weighted by Gasteiger charge is -2.09. The average molecular weight is 244 g/mol. The number of phenolic OH excluding ortho intramolecular Hbond substituents is 1. The molecule has 2 rings (SSSR count). The molecule has 92 valence electrons. The fourth-order valence-electron chi connectivity index (χ4n) is 1.89. The molecular weight excluding hydrogens is 232 g/mol. The molecule has 0 saturated carbocycles. The van der Waals surface area contributed by atoms with Crippen molar-refractivity contribution >= 4 is 23.0 Å². The third kappa shape index (κ3) is 1.93. The maximum Gasteiger partial charge on any atom is 0.338 e. The number of esters is 1. The summed E-state index contributed by atoms with van der Waals surface area (Å²) in [6.07, 6.45) is 0.542. The molecule has 0 amide bonds. The predicted octanol–water partition coefficient (Wildman–Crippen LogP) is 2.53. The third-order valence-electron chi connectivity index (χ3n) is 2.68. The topological polar surface area (TPSA) is 63.6 Å². The third-order valence-corrected chi connectivity index (χ3v) is 2.68. The minimum atomic E-state index is -0.503. The molecular formula is C14H12O4. The highest BCUT2D eigenvalue weighted by atomic mass is 16.5. The van der Waals surface area contributed by atoms with E-state index in [1.165, 1.54) is 6.07 Å². The van der Waals surface area contributed by atoms with Gasteiger partial charge in [-0.1, -0.05) is 18.2 Å². The maximum absolute atomic E-state index is 11.8. The van der Waals surface area contributed by atoms with Gasteiger partial charge in [-0.3, -0.25) is 4.79 Å². The Hall–Kier alpha value is -2.36. The zero-order valence-electron chi connectivity index (χ0n) is 9.84. The van der Waals surface area contributed by atoms with Gasteiger partial charge in [0.05, 0.1) is 17.7 Å². The van der Waals surface area contributed by atoms with Crippen LogP contribution in [0.4, 0.5) is 0 Å². The molecule has 0 aliphatic rings. The largest absolute Gasteiger partial charge is 0.507 e. The summed E-state index contributed by atoms with van der Waals surface area (Å²) >= 11 is 0. The Morgan fingerprint density at radius 1 is 1.33 bits per heavy atom. The molecule has 0 spiro atoms. The predicted molar refractivity (Wildman–Crippen MR) is 67.0 cm³/mol. The number of aldehydes is 1. The fraction of sp³-hybridized carbons (Fsp3) is 0.143. The molecule has 18 heavy (non-hydrogen) atoms. The minimum absolute atomic E-state index is 0.108. The standard InChI is InChI=1S/C14H12O4/c1-2-18-14(17)10-5-3-4-9-6-7-12(16)11(8-15)13(9)10/h3-8,16H,2H2,1H3. The SMILES string of the molecule is CCOC(=O)c1cccc2ccc(O)c(C=O)c12. The molecule has 0 heterocycles. The van der Waals surface area contributed by atoms with Crippen molar-refractivity contribution in [3.05, 3.63) is 41.5 Å². The van der Waals surface area contributed by atoms with E-state index in [1.54, 1.807) is 31.2 Å². The average Bonchev–Trinajstić information content (AvgIpc) is 2.38. The number of ether oxygens (including phenoxy) is 1. The molecule has 0 bridgehead atoms. The highest BCUT2D eigenvalue weighted by molar-refractivity contribution is 6.11. The van der Waals surface area contributed by atoms with Crippen LogP contribution in [0.25, 0.3) is 10.8 Å². The molecule has 0 radical (unpaired) electrons. The van der Waals surface area contributed by atoms with Crippen molar-refractivity contribution in [3.63, 3.8) is 0 Å². The maximum atomic E-state index is 11.8. The summed E-state index contributed by atoms with van der Waals surface area (Å²) in [7, 11) is 0. The second-order valence-corrected chi connectivity index (χ2v) is 3.74. The molecule has 2 aromatic rings. The Morgan fingerprint density at radius 2 is 2.11 bits per heavy atom. The van der Waals surface area contributed by atoms with Gasteiger partial charge in [0.2, 0.25) is 0 Å². The van der Waals surface area contributed by atoms with Gasteiger partial charge in [-0.15, -0.1) is 0 Å². The number of carbonyl (C=O) groups is 2. The first-order valence-corrected chi connectivity index (χ1v) is 5.56. The molecule has 0 saturated heterocycles. The summed E-state index contributed by atoms with van der Waals surface area (Å²) in [4.78, 5) is 22.9. The van der Waals surface area contributed by atoms with Crippen LogP contribution >= 0.6 is 0 Å². The van der Waals surface area contributed by atoms with Crippen LogP contribution in [0.2, 0.25) is 0 Å². The second kappa shape index (κ2) is 4.87. The van der Waals surface area contributed by atoms with Crippen LogP contribution in [0.3, 0.4) is 0 Å². The molecule has 0 aliphatic heterocycles. The highest BCUT2D eigenvalue weighted by Crippen LogP contribution is 2.29. The summed E-state index contributed by atoms with van der Waals surface area (Å²) in [5, 5.41) is 10.8. The van der Waals surface area contributed by atoms with Gasteiger partial charge in [0.15, 0.2) is 6.29 Å². The van der Waals surface area contributed by atoms with Gasteiger partial charge in [-0.25, -0.2) is 4.79 Å². The van der Waals surface area contributed by atoms with Crippen molar-refractivity contribution in [1.82, 2.24) is 0 Å². The summed E-state index contributed by atoms with van der Waals surface area (Å²) < 4.78 is 4.94. The molecule has 0 atom stereocenters. The Morgan fingerprint density at radius 3 is 2.78 bits per heavy atom. The van der Waals surface area contributed by atoms with E-state index >= 15 is 0 Å². The molecule has 0 fully saturated rings. The van der Waals surface area contributed by atoms with E-state index in [1.807, 2.05) is 0 Å². The number of fused-ring (bicyclic) bond motifs is 1. The summed E-state index contributed by atoms with van der Waals surface area (Å²) in [6, 6.07) is 8.14. The van der Waals surface area contributed by atoms with Crippen molar-refractivity contribution in [1.29, 1.82) is 0 Å². The van der Waals surface area contributed by atoms with Crippen molar-refractivity contribution in [3.8, 4) is 5.75 Å². The zero-order chi connectivity index (χ0) is 13.1. The quantitative estimate of drug-likeness (QED) is 0.665. The van der Waals surface area contributed by atoms with Crippen molar-refractivity contribution < 1.29 is 19.4 Å². The monoisotopic (exact) mass is 244 g/mol. The lowest BCUT2D eigenvalue weighted by molar-refractivity contribution is 0.0528. The van der Waals surface area contributed by atoms with E-state index in [2.05, 4.69) is 0 Å². The van der Waals surface area contributed by atoms with Crippen molar-refractivity contribution in [2.24, 2.45) is 0 Å². The van der Waals surface area contributed by atoms with Crippen LogP contribution in [0.1, 0.15) is 27.6 Å². The molecule has 0 aliphatic carbocycles. The van der Waals surface area contributed by atoms with E-state index in [0.717, 1.165) is 0 Å². The van der Waals surface area contributed by atoms with Gasteiger partial charge in [0, 0.05) is 5.39 Å². The van der Waals surface area contributed by atoms with Crippen LogP contribution in [0, 0.1) is 0 Å². The highest BCUT2D eigenvalue weighted by Gasteiger charge is 2.15. The van der Waals surface area contributed by atoms with E-state index in [0.29, 0.717) is 17.1 Å². The smallest absolute Gasteiger partial charge is 0.338 e. The number of aromatic hydroxyl groups is 1. The Bertz CT molecular complexity index is 616. The summed E-state index contributed by atoms with van der Waals surface area (Å²) in [5.41, 5.74) is 0.392. The van der Waals surface area contributed by atoms with Crippen LogP contribution in [-0.2, 0) is 4.74 Å². The Kier molecular flexibility index (Phi) is 3.28.